The highest BCUT2D eigenvalue weighted by Crippen LogP contribution is 2.29. The number of ether oxygens (including phenoxy) is 3. The fourth-order valence-corrected chi connectivity index (χ4v) is 3.17. The SMILES string of the molecule is COc1ccccc1OCCNC(=O)COc1cccc2c1CCCC2. The van der Waals surface area contributed by atoms with Crippen molar-refractivity contribution in [1.82, 2.24) is 5.32 Å². The van der Waals surface area contributed by atoms with Crippen molar-refractivity contribution < 1.29 is 19.0 Å². The number of fused-ring (bicyclic) bond motifs is 1. The molecule has 0 fully saturated rings. The molecule has 0 aliphatic heterocycles. The minimum atomic E-state index is -0.151. The monoisotopic (exact) mass is 355 g/mol. The largest absolute Gasteiger partial charge is 0.493 e. The average Bonchev–Trinajstić information content (AvgIpc) is 2.70. The number of carbonyl (C=O) groups is 1. The molecule has 0 heterocycles. The second-order valence-corrected chi connectivity index (χ2v) is 6.24. The maximum atomic E-state index is 12.0. The first-order valence-electron chi connectivity index (χ1n) is 9.04. The molecule has 0 saturated carbocycles. The minimum Gasteiger partial charge on any atom is -0.493 e. The van der Waals surface area contributed by atoms with Gasteiger partial charge in [-0.05, 0) is 55.0 Å². The van der Waals surface area contributed by atoms with Crippen LogP contribution < -0.4 is 19.5 Å². The Morgan fingerprint density at radius 2 is 1.73 bits per heavy atom. The molecule has 5 nitrogen and oxygen atoms in total. The number of para-hydroxylation sites is 2. The third-order valence-corrected chi connectivity index (χ3v) is 4.46. The number of benzene rings is 2. The van der Waals surface area contributed by atoms with E-state index < -0.39 is 0 Å². The first-order valence-corrected chi connectivity index (χ1v) is 9.04. The minimum absolute atomic E-state index is 0.0190. The normalized spacial score (nSPS) is 12.8. The number of hydrogen-bond acceptors (Lipinski definition) is 4. The molecule has 1 aliphatic rings. The number of carbonyl (C=O) groups excluding carboxylic acids is 1. The van der Waals surface area contributed by atoms with Gasteiger partial charge in [-0.1, -0.05) is 24.3 Å². The van der Waals surface area contributed by atoms with E-state index in [1.165, 1.54) is 24.0 Å². The first kappa shape index (κ1) is 18.1. The van der Waals surface area contributed by atoms with Gasteiger partial charge in [-0.15, -0.1) is 0 Å². The van der Waals surface area contributed by atoms with Crippen molar-refractivity contribution in [3.8, 4) is 17.2 Å². The van der Waals surface area contributed by atoms with Gasteiger partial charge < -0.3 is 19.5 Å². The number of nitrogens with one attached hydrogen (secondary N) is 1. The summed E-state index contributed by atoms with van der Waals surface area (Å²) < 4.78 is 16.6. The first-order chi connectivity index (χ1) is 12.8. The summed E-state index contributed by atoms with van der Waals surface area (Å²) in [6, 6.07) is 13.5. The van der Waals surface area contributed by atoms with Crippen molar-refractivity contribution in [2.75, 3.05) is 26.9 Å². The summed E-state index contributed by atoms with van der Waals surface area (Å²) in [6.07, 6.45) is 4.53. The summed E-state index contributed by atoms with van der Waals surface area (Å²) in [6.45, 7) is 0.797. The molecule has 0 bridgehead atoms. The van der Waals surface area contributed by atoms with Gasteiger partial charge in [0.05, 0.1) is 13.7 Å². The molecule has 1 aliphatic carbocycles. The fraction of sp³-hybridized carbons (Fsp3) is 0.381. The Balaban J connectivity index is 1.41. The highest BCUT2D eigenvalue weighted by Gasteiger charge is 2.14. The van der Waals surface area contributed by atoms with Crippen molar-refractivity contribution in [3.05, 3.63) is 53.6 Å². The van der Waals surface area contributed by atoms with E-state index in [1.54, 1.807) is 7.11 Å². The zero-order valence-corrected chi connectivity index (χ0v) is 15.1. The van der Waals surface area contributed by atoms with Gasteiger partial charge in [-0.3, -0.25) is 4.79 Å². The van der Waals surface area contributed by atoms with E-state index in [0.717, 1.165) is 18.6 Å². The van der Waals surface area contributed by atoms with Gasteiger partial charge in [0.2, 0.25) is 0 Å². The summed E-state index contributed by atoms with van der Waals surface area (Å²) in [4.78, 5) is 12.0. The maximum Gasteiger partial charge on any atom is 0.258 e. The van der Waals surface area contributed by atoms with Crippen molar-refractivity contribution in [2.24, 2.45) is 0 Å². The van der Waals surface area contributed by atoms with E-state index in [4.69, 9.17) is 14.2 Å². The molecule has 1 N–H and O–H groups in total. The summed E-state index contributed by atoms with van der Waals surface area (Å²) in [5.74, 6) is 2.03. The van der Waals surface area contributed by atoms with E-state index in [1.807, 2.05) is 36.4 Å². The Labute approximate surface area is 154 Å². The molecule has 5 heteroatoms. The third-order valence-electron chi connectivity index (χ3n) is 4.46. The van der Waals surface area contributed by atoms with Crippen LogP contribution in [0, 0.1) is 0 Å². The van der Waals surface area contributed by atoms with E-state index in [2.05, 4.69) is 11.4 Å². The number of rotatable bonds is 8. The van der Waals surface area contributed by atoms with Crippen LogP contribution in [0.15, 0.2) is 42.5 Å². The Hall–Kier alpha value is -2.69. The van der Waals surface area contributed by atoms with Gasteiger partial charge in [-0.25, -0.2) is 0 Å². The molecule has 0 aromatic heterocycles. The lowest BCUT2D eigenvalue weighted by Crippen LogP contribution is -2.32. The average molecular weight is 355 g/mol. The molecular weight excluding hydrogens is 330 g/mol. The highest BCUT2D eigenvalue weighted by molar-refractivity contribution is 5.77. The van der Waals surface area contributed by atoms with Crippen LogP contribution in [0.1, 0.15) is 24.0 Å². The molecule has 26 heavy (non-hydrogen) atoms. The molecular formula is C21H25NO4. The van der Waals surface area contributed by atoms with E-state index in [9.17, 15) is 4.79 Å². The zero-order valence-electron chi connectivity index (χ0n) is 15.1. The molecule has 138 valence electrons. The smallest absolute Gasteiger partial charge is 0.258 e. The number of amides is 1. The van der Waals surface area contributed by atoms with Gasteiger partial charge in [0, 0.05) is 0 Å². The highest BCUT2D eigenvalue weighted by atomic mass is 16.5. The molecule has 1 amide bonds. The molecule has 3 rings (SSSR count). The van der Waals surface area contributed by atoms with Gasteiger partial charge in [-0.2, -0.15) is 0 Å². The van der Waals surface area contributed by atoms with Crippen LogP contribution in [0.4, 0.5) is 0 Å². The van der Waals surface area contributed by atoms with Crippen LogP contribution in [-0.4, -0.2) is 32.8 Å². The van der Waals surface area contributed by atoms with Crippen molar-refractivity contribution in [3.63, 3.8) is 0 Å². The lowest BCUT2D eigenvalue weighted by molar-refractivity contribution is -0.123. The van der Waals surface area contributed by atoms with E-state index >= 15 is 0 Å². The standard InChI is InChI=1S/C21H25NO4/c1-24-19-10-4-5-11-20(19)25-14-13-22-21(23)15-26-18-12-6-8-16-7-2-3-9-17(16)18/h4-6,8,10-12H,2-3,7,9,13-15H2,1H3,(H,22,23). The molecule has 2 aromatic carbocycles. The van der Waals surface area contributed by atoms with Crippen LogP contribution in [0.2, 0.25) is 0 Å². The van der Waals surface area contributed by atoms with Crippen LogP contribution in [0.25, 0.3) is 0 Å². The Morgan fingerprint density at radius 1 is 0.962 bits per heavy atom. The van der Waals surface area contributed by atoms with Gasteiger partial charge in [0.25, 0.3) is 5.91 Å². The summed E-state index contributed by atoms with van der Waals surface area (Å²) in [5, 5.41) is 2.81. The van der Waals surface area contributed by atoms with E-state index in [0.29, 0.717) is 24.7 Å². The molecule has 0 unspecified atom stereocenters. The van der Waals surface area contributed by atoms with Crippen molar-refractivity contribution >= 4 is 5.91 Å². The molecule has 0 spiro atoms. The van der Waals surface area contributed by atoms with Crippen LogP contribution in [0.3, 0.4) is 0 Å². The topological polar surface area (TPSA) is 56.8 Å². The zero-order chi connectivity index (χ0) is 18.2. The Bertz CT molecular complexity index is 745. The lowest BCUT2D eigenvalue weighted by Gasteiger charge is -2.19. The van der Waals surface area contributed by atoms with Crippen LogP contribution >= 0.6 is 0 Å². The van der Waals surface area contributed by atoms with Gasteiger partial charge in [0.15, 0.2) is 18.1 Å². The fourth-order valence-electron chi connectivity index (χ4n) is 3.17. The quantitative estimate of drug-likeness (QED) is 0.739. The second kappa shape index (κ2) is 9.13. The summed E-state index contributed by atoms with van der Waals surface area (Å²) >= 11 is 0. The second-order valence-electron chi connectivity index (χ2n) is 6.24. The Morgan fingerprint density at radius 3 is 2.58 bits per heavy atom. The van der Waals surface area contributed by atoms with Crippen LogP contribution in [0.5, 0.6) is 17.2 Å². The van der Waals surface area contributed by atoms with Crippen molar-refractivity contribution in [1.29, 1.82) is 0 Å². The third kappa shape index (κ3) is 4.69. The number of aryl methyl sites for hydroxylation is 1. The predicted octanol–water partition coefficient (Wildman–Crippen LogP) is 3.15. The van der Waals surface area contributed by atoms with Gasteiger partial charge >= 0.3 is 0 Å². The number of hydrogen-bond donors (Lipinski definition) is 1. The Kier molecular flexibility index (Phi) is 6.36. The van der Waals surface area contributed by atoms with Gasteiger partial charge in [0.1, 0.15) is 12.4 Å². The summed E-state index contributed by atoms with van der Waals surface area (Å²) in [5.41, 5.74) is 2.60. The molecule has 0 radical (unpaired) electrons. The molecule has 0 saturated heterocycles. The summed E-state index contributed by atoms with van der Waals surface area (Å²) in [7, 11) is 1.60. The van der Waals surface area contributed by atoms with E-state index in [-0.39, 0.29) is 12.5 Å². The maximum absolute atomic E-state index is 12.0. The van der Waals surface area contributed by atoms with Crippen LogP contribution in [-0.2, 0) is 17.6 Å². The predicted molar refractivity (Wildman–Crippen MR) is 100 cm³/mol. The molecule has 2 aromatic rings. The van der Waals surface area contributed by atoms with Crippen molar-refractivity contribution in [2.45, 2.75) is 25.7 Å². The molecule has 0 atom stereocenters. The lowest BCUT2D eigenvalue weighted by atomic mass is 9.91. The number of methoxy groups -OCH3 is 1.